The minimum Gasteiger partial charge on any atom is -0.396 e. The smallest absolute Gasteiger partial charge is 0.133 e. The molecule has 14 heavy (non-hydrogen) atoms. The maximum absolute atomic E-state index is 11.2. The zero-order valence-corrected chi connectivity index (χ0v) is 8.20. The van der Waals surface area contributed by atoms with Crippen LogP contribution >= 0.6 is 0 Å². The molecule has 0 aliphatic heterocycles. The number of hydrogen-bond acceptors (Lipinski definition) is 3. The Morgan fingerprint density at radius 3 is 2.79 bits per heavy atom. The van der Waals surface area contributed by atoms with Gasteiger partial charge in [0.1, 0.15) is 5.78 Å². The number of Topliss-reactive ketones (excluding diaryl/α,β-unsaturated/α-hetero) is 1. The average molecular weight is 196 g/mol. The van der Waals surface area contributed by atoms with Crippen LogP contribution in [0.3, 0.4) is 0 Å². The third-order valence-electron chi connectivity index (χ3n) is 3.23. The Labute approximate surface area is 84.1 Å². The van der Waals surface area contributed by atoms with Crippen molar-refractivity contribution < 1.29 is 15.0 Å². The summed E-state index contributed by atoms with van der Waals surface area (Å²) in [4.78, 5) is 11.2. The van der Waals surface area contributed by atoms with Crippen LogP contribution in [0.15, 0.2) is 0 Å². The van der Waals surface area contributed by atoms with Gasteiger partial charge in [-0.05, 0) is 12.3 Å². The van der Waals surface area contributed by atoms with Gasteiger partial charge in [0.05, 0.1) is 0 Å². The molecule has 0 heterocycles. The van der Waals surface area contributed by atoms with Gasteiger partial charge < -0.3 is 10.2 Å². The van der Waals surface area contributed by atoms with Gasteiger partial charge in [-0.25, -0.2) is 0 Å². The lowest BCUT2D eigenvalue weighted by Crippen LogP contribution is -2.41. The van der Waals surface area contributed by atoms with Crippen LogP contribution in [0.5, 0.6) is 0 Å². The fourth-order valence-corrected chi connectivity index (χ4v) is 2.14. The normalized spacial score (nSPS) is 32.6. The van der Waals surface area contributed by atoms with Gasteiger partial charge in [0.15, 0.2) is 0 Å². The summed E-state index contributed by atoms with van der Waals surface area (Å²) >= 11 is 0. The van der Waals surface area contributed by atoms with Crippen molar-refractivity contribution in [1.82, 2.24) is 0 Å². The van der Waals surface area contributed by atoms with Gasteiger partial charge in [0.2, 0.25) is 0 Å². The van der Waals surface area contributed by atoms with E-state index in [4.69, 9.17) is 6.42 Å². The number of hydrogen-bond donors (Lipinski definition) is 2. The van der Waals surface area contributed by atoms with Crippen molar-refractivity contribution >= 4 is 5.78 Å². The molecule has 1 rings (SSSR count). The summed E-state index contributed by atoms with van der Waals surface area (Å²) in [7, 11) is 0. The molecule has 0 unspecified atom stereocenters. The second-order valence-electron chi connectivity index (χ2n) is 4.02. The predicted molar refractivity (Wildman–Crippen MR) is 52.4 cm³/mol. The molecular weight excluding hydrogens is 180 g/mol. The van der Waals surface area contributed by atoms with Gasteiger partial charge >= 0.3 is 0 Å². The van der Waals surface area contributed by atoms with E-state index in [1.165, 1.54) is 0 Å². The highest BCUT2D eigenvalue weighted by atomic mass is 16.3. The lowest BCUT2D eigenvalue weighted by molar-refractivity contribution is -0.127. The van der Waals surface area contributed by atoms with Gasteiger partial charge in [-0.1, -0.05) is 0 Å². The van der Waals surface area contributed by atoms with E-state index in [1.54, 1.807) is 0 Å². The Bertz CT molecular complexity index is 254. The second-order valence-corrected chi connectivity index (χ2v) is 4.02. The molecule has 0 aromatic carbocycles. The van der Waals surface area contributed by atoms with Crippen LogP contribution in [0, 0.1) is 23.7 Å². The molecular formula is C11H16O3. The molecule has 0 amide bonds. The summed E-state index contributed by atoms with van der Waals surface area (Å²) in [6.07, 6.45) is 7.09. The highest BCUT2D eigenvalue weighted by molar-refractivity contribution is 5.79. The molecule has 0 bridgehead atoms. The number of carbonyl (C=O) groups is 1. The first-order valence-electron chi connectivity index (χ1n) is 4.85. The highest BCUT2D eigenvalue weighted by Gasteiger charge is 2.41. The maximum Gasteiger partial charge on any atom is 0.133 e. The zero-order chi connectivity index (χ0) is 10.6. The second kappa shape index (κ2) is 4.59. The molecule has 1 aliphatic carbocycles. The zero-order valence-electron chi connectivity index (χ0n) is 8.20. The molecule has 78 valence electrons. The van der Waals surface area contributed by atoms with Crippen LogP contribution in [0.4, 0.5) is 0 Å². The van der Waals surface area contributed by atoms with Crippen LogP contribution in [0.2, 0.25) is 0 Å². The molecule has 3 nitrogen and oxygen atoms in total. The minimum atomic E-state index is -0.433. The third-order valence-corrected chi connectivity index (χ3v) is 3.23. The SMILES string of the molecule is C#CC[C@@]1(CO)CCC(=O)C[C@@H]1CO. The number of terminal acetylenes is 1. The van der Waals surface area contributed by atoms with E-state index in [2.05, 4.69) is 5.92 Å². The quantitative estimate of drug-likeness (QED) is 0.640. The van der Waals surface area contributed by atoms with Crippen molar-refractivity contribution in [3.05, 3.63) is 0 Å². The first kappa shape index (κ1) is 11.2. The van der Waals surface area contributed by atoms with E-state index >= 15 is 0 Å². The van der Waals surface area contributed by atoms with Gasteiger partial charge in [0, 0.05) is 37.9 Å². The number of aliphatic hydroxyl groups excluding tert-OH is 2. The Hall–Kier alpha value is -0.850. The van der Waals surface area contributed by atoms with Crippen molar-refractivity contribution in [3.8, 4) is 12.3 Å². The first-order valence-corrected chi connectivity index (χ1v) is 4.85. The van der Waals surface area contributed by atoms with Crippen LogP contribution in [0.1, 0.15) is 25.7 Å². The molecule has 1 aliphatic rings. The molecule has 1 saturated carbocycles. The van der Waals surface area contributed by atoms with Crippen LogP contribution in [0.25, 0.3) is 0 Å². The summed E-state index contributed by atoms with van der Waals surface area (Å²) in [5.41, 5.74) is -0.433. The molecule has 0 radical (unpaired) electrons. The standard InChI is InChI=1S/C11H16O3/c1-2-4-11(8-13)5-3-10(14)6-9(11)7-12/h1,9,12-13H,3-8H2/t9-,11+/m1/s1. The Balaban J connectivity index is 2.82. The number of aliphatic hydroxyl groups is 2. The summed E-state index contributed by atoms with van der Waals surface area (Å²) in [5.74, 6) is 2.51. The first-order chi connectivity index (χ1) is 6.68. The monoisotopic (exact) mass is 196 g/mol. The average Bonchev–Trinajstić information content (AvgIpc) is 2.21. The van der Waals surface area contributed by atoms with Crippen LogP contribution in [-0.4, -0.2) is 29.2 Å². The summed E-state index contributed by atoms with van der Waals surface area (Å²) < 4.78 is 0. The van der Waals surface area contributed by atoms with Crippen molar-refractivity contribution in [1.29, 1.82) is 0 Å². The van der Waals surface area contributed by atoms with Crippen molar-refractivity contribution in [2.24, 2.45) is 11.3 Å². The summed E-state index contributed by atoms with van der Waals surface area (Å²) in [6, 6.07) is 0. The largest absolute Gasteiger partial charge is 0.396 e. The Morgan fingerprint density at radius 2 is 2.29 bits per heavy atom. The van der Waals surface area contributed by atoms with Crippen molar-refractivity contribution in [2.75, 3.05) is 13.2 Å². The summed E-state index contributed by atoms with van der Waals surface area (Å²) in [5, 5.41) is 18.5. The minimum absolute atomic E-state index is 0.0459. The van der Waals surface area contributed by atoms with E-state index in [9.17, 15) is 15.0 Å². The van der Waals surface area contributed by atoms with E-state index in [-0.39, 0.29) is 24.9 Å². The Kier molecular flexibility index (Phi) is 3.68. The third kappa shape index (κ3) is 1.97. The fourth-order valence-electron chi connectivity index (χ4n) is 2.14. The van der Waals surface area contributed by atoms with Gasteiger partial charge in [-0.3, -0.25) is 4.79 Å². The Morgan fingerprint density at radius 1 is 1.57 bits per heavy atom. The molecule has 3 heteroatoms. The fraction of sp³-hybridized carbons (Fsp3) is 0.727. The molecule has 2 N–H and O–H groups in total. The van der Waals surface area contributed by atoms with E-state index < -0.39 is 5.41 Å². The molecule has 0 saturated heterocycles. The number of ketones is 1. The van der Waals surface area contributed by atoms with Gasteiger partial charge in [-0.15, -0.1) is 12.3 Å². The van der Waals surface area contributed by atoms with E-state index in [1.807, 2.05) is 0 Å². The predicted octanol–water partition coefficient (Wildman–Crippen LogP) is 0.350. The molecule has 0 aromatic rings. The summed E-state index contributed by atoms with van der Waals surface area (Å²) in [6.45, 7) is -0.121. The van der Waals surface area contributed by atoms with Crippen LogP contribution < -0.4 is 0 Å². The van der Waals surface area contributed by atoms with Crippen molar-refractivity contribution in [3.63, 3.8) is 0 Å². The van der Waals surface area contributed by atoms with E-state index in [0.29, 0.717) is 25.7 Å². The van der Waals surface area contributed by atoms with E-state index in [0.717, 1.165) is 0 Å². The van der Waals surface area contributed by atoms with Crippen LogP contribution in [-0.2, 0) is 4.79 Å². The molecule has 0 spiro atoms. The maximum atomic E-state index is 11.2. The number of rotatable bonds is 3. The van der Waals surface area contributed by atoms with Gasteiger partial charge in [-0.2, -0.15) is 0 Å². The lowest BCUT2D eigenvalue weighted by atomic mass is 9.65. The molecule has 2 atom stereocenters. The molecule has 1 fully saturated rings. The van der Waals surface area contributed by atoms with Gasteiger partial charge in [0.25, 0.3) is 0 Å². The topological polar surface area (TPSA) is 57.5 Å². The highest BCUT2D eigenvalue weighted by Crippen LogP contribution is 2.41. The van der Waals surface area contributed by atoms with Crippen molar-refractivity contribution in [2.45, 2.75) is 25.7 Å². The molecule has 0 aromatic heterocycles. The lowest BCUT2D eigenvalue weighted by Gasteiger charge is -2.40. The number of carbonyl (C=O) groups excluding carboxylic acids is 1.